The fraction of sp³-hybridized carbons (Fsp3) is 0.400. The molecule has 2 aromatic rings. The molecule has 19 heavy (non-hydrogen) atoms. The lowest BCUT2D eigenvalue weighted by Crippen LogP contribution is -2.25. The summed E-state index contributed by atoms with van der Waals surface area (Å²) in [5.41, 5.74) is 4.86. The van der Waals surface area contributed by atoms with E-state index in [1.807, 2.05) is 11.7 Å². The van der Waals surface area contributed by atoms with Crippen LogP contribution in [-0.2, 0) is 7.05 Å². The molecule has 3 nitrogen and oxygen atoms in total. The second kappa shape index (κ2) is 5.76. The van der Waals surface area contributed by atoms with Gasteiger partial charge in [-0.1, -0.05) is 36.7 Å². The van der Waals surface area contributed by atoms with Gasteiger partial charge in [-0.2, -0.15) is 5.10 Å². The summed E-state index contributed by atoms with van der Waals surface area (Å²) in [6, 6.07) is 6.45. The summed E-state index contributed by atoms with van der Waals surface area (Å²) < 4.78 is 1.84. The van der Waals surface area contributed by atoms with E-state index in [0.717, 1.165) is 12.2 Å². The Labute approximate surface area is 119 Å². The monoisotopic (exact) mass is 277 g/mol. The molecular formula is C15H20ClN3. The predicted octanol–water partition coefficient (Wildman–Crippen LogP) is 3.39. The Kier molecular flexibility index (Phi) is 4.27. The first-order valence-electron chi connectivity index (χ1n) is 6.53. The lowest BCUT2D eigenvalue weighted by atomic mass is 9.95. The Bertz CT molecular complexity index is 555. The molecule has 1 heterocycles. The quantitative estimate of drug-likeness (QED) is 0.928. The van der Waals surface area contributed by atoms with Crippen molar-refractivity contribution in [1.82, 2.24) is 15.1 Å². The van der Waals surface area contributed by atoms with Crippen molar-refractivity contribution in [2.24, 2.45) is 7.05 Å². The van der Waals surface area contributed by atoms with E-state index in [9.17, 15) is 0 Å². The first kappa shape index (κ1) is 14.1. The van der Waals surface area contributed by atoms with Gasteiger partial charge in [-0.15, -0.1) is 0 Å². The summed E-state index contributed by atoms with van der Waals surface area (Å²) in [4.78, 5) is 0. The Balaban J connectivity index is 2.55. The first-order chi connectivity index (χ1) is 9.06. The molecule has 0 aliphatic rings. The Hall–Kier alpha value is -1.32. The first-order valence-corrected chi connectivity index (χ1v) is 6.91. The number of aryl methyl sites for hydroxylation is 2. The van der Waals surface area contributed by atoms with E-state index in [1.54, 1.807) is 6.20 Å². The van der Waals surface area contributed by atoms with E-state index >= 15 is 0 Å². The number of nitrogens with one attached hydrogen (secondary N) is 1. The standard InChI is InChI=1S/C15H20ClN3/c1-5-17-14(15-13(16)9-18-19(15)4)12-8-6-7-10(2)11(12)3/h6-9,14,17H,5H2,1-4H3. The third kappa shape index (κ3) is 2.67. The zero-order chi connectivity index (χ0) is 14.0. The van der Waals surface area contributed by atoms with Crippen LogP contribution in [-0.4, -0.2) is 16.3 Å². The minimum atomic E-state index is 0.0740. The topological polar surface area (TPSA) is 29.9 Å². The maximum Gasteiger partial charge on any atom is 0.0837 e. The maximum atomic E-state index is 6.29. The highest BCUT2D eigenvalue weighted by atomic mass is 35.5. The van der Waals surface area contributed by atoms with Gasteiger partial charge in [-0.25, -0.2) is 0 Å². The molecule has 0 fully saturated rings. The number of rotatable bonds is 4. The minimum absolute atomic E-state index is 0.0740. The van der Waals surface area contributed by atoms with Crippen LogP contribution in [0.15, 0.2) is 24.4 Å². The molecule has 1 atom stereocenters. The summed E-state index contributed by atoms with van der Waals surface area (Å²) in [5, 5.41) is 8.45. The van der Waals surface area contributed by atoms with Crippen LogP contribution in [0.3, 0.4) is 0 Å². The molecule has 2 rings (SSSR count). The normalized spacial score (nSPS) is 12.7. The highest BCUT2D eigenvalue weighted by Crippen LogP contribution is 2.30. The average molecular weight is 278 g/mol. The SMILES string of the molecule is CCNC(c1cccc(C)c1C)c1c(Cl)cnn1C. The number of aromatic nitrogens is 2. The van der Waals surface area contributed by atoms with Gasteiger partial charge in [0, 0.05) is 7.05 Å². The van der Waals surface area contributed by atoms with Gasteiger partial charge < -0.3 is 5.32 Å². The zero-order valence-corrected chi connectivity index (χ0v) is 12.6. The summed E-state index contributed by atoms with van der Waals surface area (Å²) in [5.74, 6) is 0. The van der Waals surface area contributed by atoms with Crippen molar-refractivity contribution in [2.45, 2.75) is 26.8 Å². The third-order valence-corrected chi connectivity index (χ3v) is 3.87. The fourth-order valence-electron chi connectivity index (χ4n) is 2.39. The fourth-order valence-corrected chi connectivity index (χ4v) is 2.66. The van der Waals surface area contributed by atoms with Crippen LogP contribution in [0.1, 0.15) is 35.3 Å². The van der Waals surface area contributed by atoms with E-state index in [0.29, 0.717) is 5.02 Å². The van der Waals surface area contributed by atoms with Crippen molar-refractivity contribution >= 4 is 11.6 Å². The zero-order valence-electron chi connectivity index (χ0n) is 11.9. The van der Waals surface area contributed by atoms with Crippen molar-refractivity contribution in [3.8, 4) is 0 Å². The Morgan fingerprint density at radius 3 is 2.68 bits per heavy atom. The van der Waals surface area contributed by atoms with Crippen molar-refractivity contribution in [3.63, 3.8) is 0 Å². The number of benzene rings is 1. The second-order valence-electron chi connectivity index (χ2n) is 4.78. The van der Waals surface area contributed by atoms with Crippen molar-refractivity contribution in [2.75, 3.05) is 6.54 Å². The van der Waals surface area contributed by atoms with Crippen LogP contribution >= 0.6 is 11.6 Å². The Morgan fingerprint density at radius 1 is 1.37 bits per heavy atom. The molecule has 1 N–H and O–H groups in total. The molecular weight excluding hydrogens is 258 g/mol. The molecule has 0 saturated carbocycles. The minimum Gasteiger partial charge on any atom is -0.305 e. The second-order valence-corrected chi connectivity index (χ2v) is 5.19. The third-order valence-electron chi connectivity index (χ3n) is 3.58. The van der Waals surface area contributed by atoms with Gasteiger partial charge in [0.15, 0.2) is 0 Å². The summed E-state index contributed by atoms with van der Waals surface area (Å²) in [7, 11) is 1.93. The average Bonchev–Trinajstić information content (AvgIpc) is 2.70. The van der Waals surface area contributed by atoms with Crippen LogP contribution < -0.4 is 5.32 Å². The van der Waals surface area contributed by atoms with E-state index in [1.165, 1.54) is 16.7 Å². The van der Waals surface area contributed by atoms with Gasteiger partial charge in [0.05, 0.1) is 23.0 Å². The number of hydrogen-bond acceptors (Lipinski definition) is 2. The largest absolute Gasteiger partial charge is 0.305 e. The van der Waals surface area contributed by atoms with Gasteiger partial charge in [0.25, 0.3) is 0 Å². The van der Waals surface area contributed by atoms with Crippen molar-refractivity contribution in [1.29, 1.82) is 0 Å². The smallest absolute Gasteiger partial charge is 0.0837 e. The summed E-state index contributed by atoms with van der Waals surface area (Å²) in [6.45, 7) is 7.26. The molecule has 0 bridgehead atoms. The van der Waals surface area contributed by atoms with E-state index in [2.05, 4.69) is 49.4 Å². The van der Waals surface area contributed by atoms with Crippen molar-refractivity contribution < 1.29 is 0 Å². The predicted molar refractivity (Wildman–Crippen MR) is 79.7 cm³/mol. The molecule has 102 valence electrons. The molecule has 0 radical (unpaired) electrons. The van der Waals surface area contributed by atoms with Crippen LogP contribution in [0.5, 0.6) is 0 Å². The van der Waals surface area contributed by atoms with Crippen molar-refractivity contribution in [3.05, 3.63) is 51.8 Å². The molecule has 0 saturated heterocycles. The molecule has 1 unspecified atom stereocenters. The van der Waals surface area contributed by atoms with Crippen LogP contribution in [0.25, 0.3) is 0 Å². The lowest BCUT2D eigenvalue weighted by Gasteiger charge is -2.22. The molecule has 4 heteroatoms. The highest BCUT2D eigenvalue weighted by Gasteiger charge is 2.21. The van der Waals surface area contributed by atoms with Gasteiger partial charge in [-0.05, 0) is 37.1 Å². The number of halogens is 1. The maximum absolute atomic E-state index is 6.29. The summed E-state index contributed by atoms with van der Waals surface area (Å²) >= 11 is 6.29. The molecule has 1 aromatic carbocycles. The van der Waals surface area contributed by atoms with Crippen LogP contribution in [0, 0.1) is 13.8 Å². The summed E-state index contributed by atoms with van der Waals surface area (Å²) in [6.07, 6.45) is 1.70. The Morgan fingerprint density at radius 2 is 2.11 bits per heavy atom. The van der Waals surface area contributed by atoms with Crippen LogP contribution in [0.4, 0.5) is 0 Å². The van der Waals surface area contributed by atoms with Gasteiger partial charge in [0.1, 0.15) is 0 Å². The number of nitrogens with zero attached hydrogens (tertiary/aromatic N) is 2. The van der Waals surface area contributed by atoms with E-state index in [4.69, 9.17) is 11.6 Å². The lowest BCUT2D eigenvalue weighted by molar-refractivity contribution is 0.570. The molecule has 1 aromatic heterocycles. The van der Waals surface area contributed by atoms with Gasteiger partial charge >= 0.3 is 0 Å². The molecule has 0 aliphatic heterocycles. The van der Waals surface area contributed by atoms with E-state index < -0.39 is 0 Å². The molecule has 0 amide bonds. The molecule has 0 spiro atoms. The number of hydrogen-bond donors (Lipinski definition) is 1. The van der Waals surface area contributed by atoms with Crippen LogP contribution in [0.2, 0.25) is 5.02 Å². The van der Waals surface area contributed by atoms with E-state index in [-0.39, 0.29) is 6.04 Å². The highest BCUT2D eigenvalue weighted by molar-refractivity contribution is 6.31. The van der Waals surface area contributed by atoms with Gasteiger partial charge in [0.2, 0.25) is 0 Å². The molecule has 0 aliphatic carbocycles. The van der Waals surface area contributed by atoms with Gasteiger partial charge in [-0.3, -0.25) is 4.68 Å².